The molecule has 0 saturated carbocycles. The van der Waals surface area contributed by atoms with Crippen molar-refractivity contribution < 1.29 is 4.39 Å². The third-order valence-corrected chi connectivity index (χ3v) is 5.42. The maximum Gasteiger partial charge on any atom is 0.260 e. The van der Waals surface area contributed by atoms with Crippen molar-refractivity contribution in [3.8, 4) is 0 Å². The van der Waals surface area contributed by atoms with Gasteiger partial charge in [0.25, 0.3) is 5.56 Å². The average molecular weight is 347 g/mol. The molecule has 1 aliphatic rings. The standard InChI is InChI=1S/C17H12ClFN2OS/c18-12(8-9-3-1-4-10(19)7-9)15-20-16(22)14-11-5-2-6-13(11)23-17(14)21-15/h1,3-4,7-8H,2,5-6H2,(H,20,21,22)/b12-8+. The molecule has 1 aromatic carbocycles. The smallest absolute Gasteiger partial charge is 0.260 e. The predicted octanol–water partition coefficient (Wildman–Crippen LogP) is 4.35. The summed E-state index contributed by atoms with van der Waals surface area (Å²) in [5, 5.41) is 0.977. The average Bonchev–Trinajstić information content (AvgIpc) is 3.07. The first kappa shape index (κ1) is 14.6. The van der Waals surface area contributed by atoms with Crippen molar-refractivity contribution in [2.75, 3.05) is 0 Å². The van der Waals surface area contributed by atoms with Gasteiger partial charge in [-0.05, 0) is 48.6 Å². The predicted molar refractivity (Wildman–Crippen MR) is 92.4 cm³/mol. The Hall–Kier alpha value is -1.98. The Morgan fingerprint density at radius 3 is 3.09 bits per heavy atom. The molecule has 4 rings (SSSR count). The molecule has 1 aliphatic carbocycles. The molecular weight excluding hydrogens is 335 g/mol. The molecule has 2 heterocycles. The van der Waals surface area contributed by atoms with E-state index in [1.54, 1.807) is 29.5 Å². The van der Waals surface area contributed by atoms with E-state index in [9.17, 15) is 9.18 Å². The zero-order chi connectivity index (χ0) is 16.0. The van der Waals surface area contributed by atoms with Crippen molar-refractivity contribution in [1.82, 2.24) is 9.97 Å². The van der Waals surface area contributed by atoms with Gasteiger partial charge in [-0.2, -0.15) is 0 Å². The van der Waals surface area contributed by atoms with Gasteiger partial charge in [0.2, 0.25) is 0 Å². The highest BCUT2D eigenvalue weighted by Gasteiger charge is 2.21. The Bertz CT molecular complexity index is 1010. The van der Waals surface area contributed by atoms with E-state index in [2.05, 4.69) is 9.97 Å². The first-order valence-electron chi connectivity index (χ1n) is 7.29. The van der Waals surface area contributed by atoms with Gasteiger partial charge < -0.3 is 4.98 Å². The second kappa shape index (κ2) is 5.58. The van der Waals surface area contributed by atoms with Gasteiger partial charge in [0.05, 0.1) is 10.4 Å². The summed E-state index contributed by atoms with van der Waals surface area (Å²) < 4.78 is 13.2. The van der Waals surface area contributed by atoms with E-state index in [0.717, 1.165) is 29.7 Å². The van der Waals surface area contributed by atoms with E-state index in [0.29, 0.717) is 16.8 Å². The Morgan fingerprint density at radius 2 is 2.26 bits per heavy atom. The van der Waals surface area contributed by atoms with Crippen molar-refractivity contribution >= 4 is 44.3 Å². The monoisotopic (exact) mass is 346 g/mol. The molecule has 0 radical (unpaired) electrons. The summed E-state index contributed by atoms with van der Waals surface area (Å²) in [5.74, 6) is -0.0249. The minimum atomic E-state index is -0.338. The second-order valence-electron chi connectivity index (χ2n) is 5.50. The maximum atomic E-state index is 13.2. The number of benzene rings is 1. The van der Waals surface area contributed by atoms with Gasteiger partial charge >= 0.3 is 0 Å². The molecule has 0 atom stereocenters. The molecular formula is C17H12ClFN2OS. The molecule has 0 bridgehead atoms. The van der Waals surface area contributed by atoms with Crippen molar-refractivity contribution in [2.45, 2.75) is 19.3 Å². The van der Waals surface area contributed by atoms with Crippen LogP contribution in [0.2, 0.25) is 0 Å². The number of hydrogen-bond donors (Lipinski definition) is 1. The molecule has 0 aliphatic heterocycles. The van der Waals surface area contributed by atoms with Crippen LogP contribution in [0.3, 0.4) is 0 Å². The van der Waals surface area contributed by atoms with Crippen LogP contribution >= 0.6 is 22.9 Å². The van der Waals surface area contributed by atoms with Gasteiger partial charge in [0, 0.05) is 4.88 Å². The SMILES string of the molecule is O=c1[nH]c(/C(Cl)=C\c2cccc(F)c2)nc2sc3c(c12)CCC3. The number of thiophene rings is 1. The van der Waals surface area contributed by atoms with Gasteiger partial charge in [-0.15, -0.1) is 11.3 Å². The highest BCUT2D eigenvalue weighted by molar-refractivity contribution is 7.18. The summed E-state index contributed by atoms with van der Waals surface area (Å²) in [6.45, 7) is 0. The second-order valence-corrected chi connectivity index (χ2v) is 6.99. The zero-order valence-corrected chi connectivity index (χ0v) is 13.6. The first-order valence-corrected chi connectivity index (χ1v) is 8.49. The van der Waals surface area contributed by atoms with Gasteiger partial charge in [0.1, 0.15) is 10.6 Å². The molecule has 0 saturated heterocycles. The molecule has 0 fully saturated rings. The van der Waals surface area contributed by atoms with E-state index in [1.807, 2.05) is 0 Å². The minimum absolute atomic E-state index is 0.157. The summed E-state index contributed by atoms with van der Waals surface area (Å²) in [5.41, 5.74) is 1.59. The number of aromatic nitrogens is 2. The molecule has 23 heavy (non-hydrogen) atoms. The summed E-state index contributed by atoms with van der Waals surface area (Å²) in [6.07, 6.45) is 4.64. The van der Waals surface area contributed by atoms with Crippen LogP contribution in [0.1, 0.15) is 28.2 Å². The molecule has 0 unspecified atom stereocenters. The Morgan fingerprint density at radius 1 is 1.39 bits per heavy atom. The minimum Gasteiger partial charge on any atom is -0.305 e. The molecule has 1 N–H and O–H groups in total. The van der Waals surface area contributed by atoms with Crippen LogP contribution < -0.4 is 5.56 Å². The van der Waals surface area contributed by atoms with Crippen LogP contribution in [-0.4, -0.2) is 9.97 Å². The van der Waals surface area contributed by atoms with Crippen molar-refractivity contribution in [3.63, 3.8) is 0 Å². The lowest BCUT2D eigenvalue weighted by Gasteiger charge is -2.01. The number of halogens is 2. The molecule has 3 nitrogen and oxygen atoms in total. The van der Waals surface area contributed by atoms with Crippen LogP contribution in [-0.2, 0) is 12.8 Å². The number of nitrogens with one attached hydrogen (secondary N) is 1. The van der Waals surface area contributed by atoms with Crippen LogP contribution in [0, 0.1) is 5.82 Å². The number of H-pyrrole nitrogens is 1. The quantitative estimate of drug-likeness (QED) is 0.749. The van der Waals surface area contributed by atoms with Gasteiger partial charge in [0.15, 0.2) is 5.82 Å². The number of rotatable bonds is 2. The normalized spacial score (nSPS) is 14.4. The van der Waals surface area contributed by atoms with E-state index >= 15 is 0 Å². The number of aromatic amines is 1. The van der Waals surface area contributed by atoms with Crippen molar-refractivity contribution in [2.24, 2.45) is 0 Å². The highest BCUT2D eigenvalue weighted by Crippen LogP contribution is 2.35. The third-order valence-electron chi connectivity index (χ3n) is 3.94. The lowest BCUT2D eigenvalue weighted by molar-refractivity contribution is 0.627. The first-order chi connectivity index (χ1) is 11.1. The fraction of sp³-hybridized carbons (Fsp3) is 0.176. The number of fused-ring (bicyclic) bond motifs is 3. The van der Waals surface area contributed by atoms with Crippen LogP contribution in [0.4, 0.5) is 4.39 Å². The van der Waals surface area contributed by atoms with E-state index in [-0.39, 0.29) is 16.4 Å². The molecule has 2 aromatic heterocycles. The van der Waals surface area contributed by atoms with Crippen LogP contribution in [0.5, 0.6) is 0 Å². The molecule has 116 valence electrons. The fourth-order valence-electron chi connectivity index (χ4n) is 2.93. The van der Waals surface area contributed by atoms with Crippen molar-refractivity contribution in [1.29, 1.82) is 0 Å². The summed E-state index contributed by atoms with van der Waals surface area (Å²) >= 11 is 7.83. The molecule has 6 heteroatoms. The van der Waals surface area contributed by atoms with Crippen LogP contribution in [0.15, 0.2) is 29.1 Å². The summed E-state index contributed by atoms with van der Waals surface area (Å²) in [7, 11) is 0. The van der Waals surface area contributed by atoms with Crippen molar-refractivity contribution in [3.05, 3.63) is 62.3 Å². The maximum absolute atomic E-state index is 13.2. The van der Waals surface area contributed by atoms with Gasteiger partial charge in [-0.1, -0.05) is 23.7 Å². The van der Waals surface area contributed by atoms with E-state index in [1.165, 1.54) is 17.0 Å². The topological polar surface area (TPSA) is 45.8 Å². The van der Waals surface area contributed by atoms with Crippen LogP contribution in [0.25, 0.3) is 21.3 Å². The highest BCUT2D eigenvalue weighted by atomic mass is 35.5. The zero-order valence-electron chi connectivity index (χ0n) is 12.0. The number of hydrogen-bond acceptors (Lipinski definition) is 3. The molecule has 3 aromatic rings. The third kappa shape index (κ3) is 2.60. The van der Waals surface area contributed by atoms with Gasteiger partial charge in [-0.3, -0.25) is 4.79 Å². The molecule has 0 amide bonds. The fourth-order valence-corrected chi connectivity index (χ4v) is 4.40. The molecule has 0 spiro atoms. The van der Waals surface area contributed by atoms with Gasteiger partial charge in [-0.25, -0.2) is 9.37 Å². The Labute approximate surface area is 140 Å². The number of nitrogens with zero attached hydrogens (tertiary/aromatic N) is 1. The lowest BCUT2D eigenvalue weighted by Crippen LogP contribution is -2.10. The lowest BCUT2D eigenvalue weighted by atomic mass is 10.2. The summed E-state index contributed by atoms with van der Waals surface area (Å²) in [4.78, 5) is 21.6. The summed E-state index contributed by atoms with van der Waals surface area (Å²) in [6, 6.07) is 6.08. The number of aryl methyl sites for hydroxylation is 2. The van der Waals surface area contributed by atoms with E-state index in [4.69, 9.17) is 11.6 Å². The Balaban J connectivity index is 1.81. The Kier molecular flexibility index (Phi) is 3.54. The largest absolute Gasteiger partial charge is 0.305 e. The van der Waals surface area contributed by atoms with E-state index < -0.39 is 0 Å².